The predicted molar refractivity (Wildman–Crippen MR) is 161 cm³/mol. The maximum atomic E-state index is 9.90. The first-order chi connectivity index (χ1) is 19.7. The summed E-state index contributed by atoms with van der Waals surface area (Å²) in [5.74, 6) is 2.63. The minimum absolute atomic E-state index is 0.318. The van der Waals surface area contributed by atoms with Crippen LogP contribution in [-0.2, 0) is 12.8 Å². The molecule has 0 aliphatic heterocycles. The molecule has 7 rings (SSSR count). The number of hydrogen-bond acceptors (Lipinski definition) is 3. The van der Waals surface area contributed by atoms with Crippen LogP contribution in [0, 0.1) is 17.8 Å². The number of fused-ring (bicyclic) bond motifs is 2. The molecule has 1 fully saturated rings. The van der Waals surface area contributed by atoms with Crippen molar-refractivity contribution in [2.45, 2.75) is 25.7 Å². The first-order valence-electron chi connectivity index (χ1n) is 14.4. The zero-order valence-electron chi connectivity index (χ0n) is 22.8. The highest BCUT2D eigenvalue weighted by Gasteiger charge is 2.49. The lowest BCUT2D eigenvalue weighted by atomic mass is 9.94. The molecule has 1 N–H and O–H groups in total. The van der Waals surface area contributed by atoms with Crippen LogP contribution in [0.5, 0.6) is 5.75 Å². The van der Waals surface area contributed by atoms with Gasteiger partial charge in [0, 0.05) is 23.4 Å². The number of hydrogen-bond donors (Lipinski definition) is 1. The smallest absolute Gasteiger partial charge is 0.118 e. The Morgan fingerprint density at radius 2 is 1.25 bits per heavy atom. The van der Waals surface area contributed by atoms with Gasteiger partial charge in [-0.2, -0.15) is 5.10 Å². The summed E-state index contributed by atoms with van der Waals surface area (Å²) in [7, 11) is 1.69. The Bertz CT molecular complexity index is 1600. The van der Waals surface area contributed by atoms with E-state index in [-0.39, 0.29) is 0 Å². The summed E-state index contributed by atoms with van der Waals surface area (Å²) in [6, 6.07) is 36.3. The molecule has 0 spiro atoms. The van der Waals surface area contributed by atoms with E-state index < -0.39 is 0 Å². The standard InChI is InChI=1S/C36H34N2O2/c1-40-30-17-13-27(14-18-30)26-11-15-29(16-12-26)38-35-22-21-32-31(34(32)23-39)19-20-33(35)36(37-38)28-9-7-25(8-10-28)24-5-3-2-4-6-24/h2-18,31-32,34,39H,19-23H2,1H3/t31-,32+,34-/m0/s1. The highest BCUT2D eigenvalue weighted by atomic mass is 16.5. The molecule has 3 atom stereocenters. The van der Waals surface area contributed by atoms with Gasteiger partial charge in [0.05, 0.1) is 18.5 Å². The van der Waals surface area contributed by atoms with Gasteiger partial charge < -0.3 is 9.84 Å². The van der Waals surface area contributed by atoms with Gasteiger partial charge in [0.1, 0.15) is 5.75 Å². The molecular formula is C36H34N2O2. The lowest BCUT2D eigenvalue weighted by Gasteiger charge is -2.13. The van der Waals surface area contributed by atoms with Gasteiger partial charge in [-0.25, -0.2) is 4.68 Å². The highest BCUT2D eigenvalue weighted by molar-refractivity contribution is 5.71. The topological polar surface area (TPSA) is 47.3 Å². The number of methoxy groups -OCH3 is 1. The van der Waals surface area contributed by atoms with Crippen molar-refractivity contribution < 1.29 is 9.84 Å². The number of ether oxygens (including phenoxy) is 1. The van der Waals surface area contributed by atoms with Gasteiger partial charge >= 0.3 is 0 Å². The summed E-state index contributed by atoms with van der Waals surface area (Å²) >= 11 is 0. The van der Waals surface area contributed by atoms with Gasteiger partial charge in [-0.05, 0) is 90.0 Å². The van der Waals surface area contributed by atoms with Gasteiger partial charge in [0.25, 0.3) is 0 Å². The molecule has 200 valence electrons. The summed E-state index contributed by atoms with van der Waals surface area (Å²) in [5.41, 5.74) is 10.8. The third-order valence-electron chi connectivity index (χ3n) is 9.05. The average molecular weight is 527 g/mol. The van der Waals surface area contributed by atoms with E-state index in [1.165, 1.54) is 27.9 Å². The summed E-state index contributed by atoms with van der Waals surface area (Å²) in [5, 5.41) is 15.2. The molecule has 2 aliphatic carbocycles. The van der Waals surface area contributed by atoms with Crippen LogP contribution < -0.4 is 4.74 Å². The number of aromatic nitrogens is 2. The molecule has 4 nitrogen and oxygen atoms in total. The minimum atomic E-state index is 0.318. The van der Waals surface area contributed by atoms with Crippen LogP contribution in [0.1, 0.15) is 24.1 Å². The second-order valence-corrected chi connectivity index (χ2v) is 11.2. The number of aliphatic hydroxyl groups excluding tert-OH is 1. The van der Waals surface area contributed by atoms with E-state index in [9.17, 15) is 5.11 Å². The van der Waals surface area contributed by atoms with Crippen LogP contribution >= 0.6 is 0 Å². The monoisotopic (exact) mass is 526 g/mol. The van der Waals surface area contributed by atoms with Crippen molar-refractivity contribution >= 4 is 0 Å². The number of benzene rings is 4. The van der Waals surface area contributed by atoms with E-state index in [0.29, 0.717) is 24.4 Å². The number of rotatable bonds is 6. The van der Waals surface area contributed by atoms with Crippen LogP contribution in [0.4, 0.5) is 0 Å². The van der Waals surface area contributed by atoms with E-state index in [4.69, 9.17) is 9.84 Å². The second kappa shape index (κ2) is 10.4. The van der Waals surface area contributed by atoms with Crippen molar-refractivity contribution in [2.24, 2.45) is 17.8 Å². The highest BCUT2D eigenvalue weighted by Crippen LogP contribution is 2.53. The third kappa shape index (κ3) is 4.52. The average Bonchev–Trinajstić information content (AvgIpc) is 3.56. The van der Waals surface area contributed by atoms with E-state index >= 15 is 0 Å². The van der Waals surface area contributed by atoms with Crippen molar-refractivity contribution in [3.8, 4) is 44.9 Å². The summed E-state index contributed by atoms with van der Waals surface area (Å²) in [6.45, 7) is 0.318. The first-order valence-corrected chi connectivity index (χ1v) is 14.4. The van der Waals surface area contributed by atoms with Crippen LogP contribution in [0.25, 0.3) is 39.2 Å². The number of aliphatic hydroxyl groups is 1. The molecule has 2 aliphatic rings. The second-order valence-electron chi connectivity index (χ2n) is 11.2. The van der Waals surface area contributed by atoms with Crippen molar-refractivity contribution in [1.29, 1.82) is 0 Å². The van der Waals surface area contributed by atoms with E-state index in [1.54, 1.807) is 7.11 Å². The Hall–Kier alpha value is -4.15. The fourth-order valence-electron chi connectivity index (χ4n) is 6.75. The van der Waals surface area contributed by atoms with Crippen molar-refractivity contribution in [1.82, 2.24) is 9.78 Å². The van der Waals surface area contributed by atoms with Gasteiger partial charge in [-0.15, -0.1) is 0 Å². The Labute approximate surface area is 235 Å². The molecule has 0 bridgehead atoms. The molecule has 5 aromatic rings. The molecule has 40 heavy (non-hydrogen) atoms. The van der Waals surface area contributed by atoms with E-state index in [1.807, 2.05) is 12.1 Å². The van der Waals surface area contributed by atoms with Crippen LogP contribution in [-0.4, -0.2) is 28.6 Å². The van der Waals surface area contributed by atoms with E-state index in [0.717, 1.165) is 53.9 Å². The van der Waals surface area contributed by atoms with Gasteiger partial charge in [0.2, 0.25) is 0 Å². The van der Waals surface area contributed by atoms with Crippen LogP contribution in [0.2, 0.25) is 0 Å². The largest absolute Gasteiger partial charge is 0.497 e. The van der Waals surface area contributed by atoms with Gasteiger partial charge in [-0.3, -0.25) is 0 Å². The maximum Gasteiger partial charge on any atom is 0.118 e. The normalized spacial score (nSPS) is 19.7. The first kappa shape index (κ1) is 24.9. The number of nitrogens with zero attached hydrogens (tertiary/aromatic N) is 2. The predicted octanol–water partition coefficient (Wildman–Crippen LogP) is 7.62. The molecule has 4 aromatic carbocycles. The van der Waals surface area contributed by atoms with Crippen molar-refractivity contribution in [2.75, 3.05) is 13.7 Å². The van der Waals surface area contributed by atoms with Crippen molar-refractivity contribution in [3.05, 3.63) is 114 Å². The molecule has 0 radical (unpaired) electrons. The third-order valence-corrected chi connectivity index (χ3v) is 9.05. The zero-order chi connectivity index (χ0) is 27.1. The summed E-state index contributed by atoms with van der Waals surface area (Å²) in [6.07, 6.45) is 4.24. The minimum Gasteiger partial charge on any atom is -0.497 e. The summed E-state index contributed by atoms with van der Waals surface area (Å²) in [4.78, 5) is 0. The molecule has 0 saturated heterocycles. The van der Waals surface area contributed by atoms with Crippen LogP contribution in [0.3, 0.4) is 0 Å². The van der Waals surface area contributed by atoms with Gasteiger partial charge in [0.15, 0.2) is 0 Å². The summed E-state index contributed by atoms with van der Waals surface area (Å²) < 4.78 is 7.51. The molecule has 1 saturated carbocycles. The SMILES string of the molecule is COc1ccc(-c2ccc(-n3nc(-c4ccc(-c5ccccc5)cc4)c4c3CC[C@H]3[C@@H](CO)[C@H]3CC4)cc2)cc1. The molecule has 1 aromatic heterocycles. The lowest BCUT2D eigenvalue weighted by molar-refractivity contribution is 0.262. The zero-order valence-corrected chi connectivity index (χ0v) is 22.8. The molecule has 4 heteroatoms. The molecule has 0 amide bonds. The van der Waals surface area contributed by atoms with Crippen LogP contribution in [0.15, 0.2) is 103 Å². The molecule has 0 unspecified atom stereocenters. The fourth-order valence-corrected chi connectivity index (χ4v) is 6.75. The Morgan fingerprint density at radius 1 is 0.700 bits per heavy atom. The molecule has 1 heterocycles. The van der Waals surface area contributed by atoms with Crippen molar-refractivity contribution in [3.63, 3.8) is 0 Å². The molecular weight excluding hydrogens is 492 g/mol. The van der Waals surface area contributed by atoms with E-state index in [2.05, 4.69) is 95.7 Å². The maximum absolute atomic E-state index is 9.90. The Kier molecular flexibility index (Phi) is 6.49. The lowest BCUT2D eigenvalue weighted by Crippen LogP contribution is -2.07. The van der Waals surface area contributed by atoms with Gasteiger partial charge in [-0.1, -0.05) is 78.9 Å². The fraction of sp³-hybridized carbons (Fsp3) is 0.250. The quantitative estimate of drug-likeness (QED) is 0.248. The Balaban J connectivity index is 1.25. The Morgan fingerprint density at radius 3 is 1.88 bits per heavy atom.